The standard InChI is InChI=1S/C22H21N3O3S/c1-27-19-9-3-15(13-20(19)28-2)4-10-21(26)23-17-7-5-16(6-8-17)18-14-25-11-12-29-22(25)24-18/h3-10,13-14H,11-12H2,1-2H3,(H,23,26)/b10-4+. The number of methoxy groups -OCH3 is 2. The van der Waals surface area contributed by atoms with Gasteiger partial charge in [0.1, 0.15) is 0 Å². The molecule has 0 fully saturated rings. The van der Waals surface area contributed by atoms with Gasteiger partial charge in [-0.25, -0.2) is 4.98 Å². The second-order valence-electron chi connectivity index (χ2n) is 6.46. The molecule has 0 spiro atoms. The number of ether oxygens (including phenoxy) is 2. The van der Waals surface area contributed by atoms with Gasteiger partial charge in [-0.1, -0.05) is 30.0 Å². The Labute approximate surface area is 173 Å². The lowest BCUT2D eigenvalue weighted by molar-refractivity contribution is -0.111. The first-order valence-electron chi connectivity index (χ1n) is 9.18. The highest BCUT2D eigenvalue weighted by Gasteiger charge is 2.15. The summed E-state index contributed by atoms with van der Waals surface area (Å²) in [7, 11) is 3.17. The molecule has 4 rings (SSSR count). The van der Waals surface area contributed by atoms with Crippen LogP contribution >= 0.6 is 11.8 Å². The Morgan fingerprint density at radius 3 is 2.66 bits per heavy atom. The van der Waals surface area contributed by atoms with Gasteiger partial charge in [0.25, 0.3) is 0 Å². The van der Waals surface area contributed by atoms with Crippen LogP contribution in [0.15, 0.2) is 59.9 Å². The number of aryl methyl sites for hydroxylation is 1. The van der Waals surface area contributed by atoms with Gasteiger partial charge in [0.2, 0.25) is 5.91 Å². The summed E-state index contributed by atoms with van der Waals surface area (Å²) < 4.78 is 12.7. The number of nitrogens with one attached hydrogen (secondary N) is 1. The van der Waals surface area contributed by atoms with Gasteiger partial charge in [0.15, 0.2) is 16.7 Å². The zero-order valence-electron chi connectivity index (χ0n) is 16.2. The van der Waals surface area contributed by atoms with E-state index in [4.69, 9.17) is 9.47 Å². The Bertz CT molecular complexity index is 1040. The lowest BCUT2D eigenvalue weighted by Gasteiger charge is -2.07. The molecule has 29 heavy (non-hydrogen) atoms. The highest BCUT2D eigenvalue weighted by molar-refractivity contribution is 7.99. The maximum absolute atomic E-state index is 12.2. The molecule has 6 nitrogen and oxygen atoms in total. The van der Waals surface area contributed by atoms with Gasteiger partial charge < -0.3 is 19.4 Å². The molecule has 1 aliphatic rings. The number of rotatable bonds is 6. The summed E-state index contributed by atoms with van der Waals surface area (Å²) in [5, 5.41) is 3.94. The highest BCUT2D eigenvalue weighted by atomic mass is 32.2. The van der Waals surface area contributed by atoms with Crippen molar-refractivity contribution in [2.75, 3.05) is 25.3 Å². The van der Waals surface area contributed by atoms with E-state index in [9.17, 15) is 4.79 Å². The van der Waals surface area contributed by atoms with Crippen molar-refractivity contribution in [1.29, 1.82) is 0 Å². The Kier molecular flexibility index (Phi) is 5.57. The molecule has 0 unspecified atom stereocenters. The van der Waals surface area contributed by atoms with Crippen LogP contribution in [0.4, 0.5) is 5.69 Å². The summed E-state index contributed by atoms with van der Waals surface area (Å²) in [6.45, 7) is 1.01. The van der Waals surface area contributed by atoms with E-state index in [1.807, 2.05) is 36.4 Å². The SMILES string of the molecule is COc1ccc(/C=C/C(=O)Nc2ccc(-c3cn4c(n3)SCC4)cc2)cc1OC. The number of hydrogen-bond acceptors (Lipinski definition) is 5. The number of aromatic nitrogens is 2. The van der Waals surface area contributed by atoms with Crippen LogP contribution in [0.5, 0.6) is 11.5 Å². The first-order valence-corrected chi connectivity index (χ1v) is 10.2. The lowest BCUT2D eigenvalue weighted by Crippen LogP contribution is -2.07. The molecule has 0 aliphatic carbocycles. The van der Waals surface area contributed by atoms with Crippen LogP contribution in [0.1, 0.15) is 5.56 Å². The fraction of sp³-hybridized carbons (Fsp3) is 0.182. The quantitative estimate of drug-likeness (QED) is 0.617. The highest BCUT2D eigenvalue weighted by Crippen LogP contribution is 2.30. The summed E-state index contributed by atoms with van der Waals surface area (Å²) >= 11 is 1.78. The molecule has 148 valence electrons. The summed E-state index contributed by atoms with van der Waals surface area (Å²) in [6.07, 6.45) is 5.30. The molecule has 1 aliphatic heterocycles. The van der Waals surface area contributed by atoms with E-state index in [1.165, 1.54) is 6.08 Å². The number of imidazole rings is 1. The van der Waals surface area contributed by atoms with Crippen LogP contribution in [0.25, 0.3) is 17.3 Å². The van der Waals surface area contributed by atoms with Crippen molar-refractivity contribution < 1.29 is 14.3 Å². The van der Waals surface area contributed by atoms with Crippen LogP contribution in [-0.2, 0) is 11.3 Å². The predicted octanol–water partition coefficient (Wildman–Crippen LogP) is 4.32. The third-order valence-electron chi connectivity index (χ3n) is 4.59. The molecule has 0 radical (unpaired) electrons. The van der Waals surface area contributed by atoms with E-state index in [2.05, 4.69) is 21.1 Å². The fourth-order valence-electron chi connectivity index (χ4n) is 3.09. The monoisotopic (exact) mass is 407 g/mol. The van der Waals surface area contributed by atoms with Crippen LogP contribution in [0.2, 0.25) is 0 Å². The van der Waals surface area contributed by atoms with Crippen LogP contribution < -0.4 is 14.8 Å². The van der Waals surface area contributed by atoms with E-state index in [-0.39, 0.29) is 5.91 Å². The zero-order valence-corrected chi connectivity index (χ0v) is 17.0. The number of carbonyl (C=O) groups excluding carboxylic acids is 1. The van der Waals surface area contributed by atoms with Crippen molar-refractivity contribution in [2.45, 2.75) is 11.7 Å². The molecule has 2 heterocycles. The number of thioether (sulfide) groups is 1. The fourth-order valence-corrected chi connectivity index (χ4v) is 4.03. The maximum Gasteiger partial charge on any atom is 0.248 e. The summed E-state index contributed by atoms with van der Waals surface area (Å²) in [4.78, 5) is 16.9. The average Bonchev–Trinajstić information content (AvgIpc) is 3.35. The largest absolute Gasteiger partial charge is 0.493 e. The van der Waals surface area contributed by atoms with E-state index in [0.717, 1.165) is 40.0 Å². The second-order valence-corrected chi connectivity index (χ2v) is 7.53. The third-order valence-corrected chi connectivity index (χ3v) is 5.56. The van der Waals surface area contributed by atoms with Gasteiger partial charge in [-0.15, -0.1) is 0 Å². The summed E-state index contributed by atoms with van der Waals surface area (Å²) in [5.74, 6) is 2.15. The Balaban J connectivity index is 1.40. The number of amides is 1. The van der Waals surface area contributed by atoms with Crippen LogP contribution in [-0.4, -0.2) is 35.4 Å². The van der Waals surface area contributed by atoms with Gasteiger partial charge in [-0.2, -0.15) is 0 Å². The second kappa shape index (κ2) is 8.45. The molecule has 1 aromatic heterocycles. The average molecular weight is 407 g/mol. The Hall–Kier alpha value is -3.19. The zero-order chi connectivity index (χ0) is 20.2. The first-order chi connectivity index (χ1) is 14.2. The van der Waals surface area contributed by atoms with Gasteiger partial charge >= 0.3 is 0 Å². The van der Waals surface area contributed by atoms with E-state index >= 15 is 0 Å². The van der Waals surface area contributed by atoms with Gasteiger partial charge in [-0.05, 0) is 35.9 Å². The van der Waals surface area contributed by atoms with Crippen molar-refractivity contribution in [3.8, 4) is 22.8 Å². The molecule has 0 saturated heterocycles. The van der Waals surface area contributed by atoms with E-state index in [0.29, 0.717) is 11.5 Å². The molecule has 0 saturated carbocycles. The van der Waals surface area contributed by atoms with Gasteiger partial charge in [0.05, 0.1) is 19.9 Å². The van der Waals surface area contributed by atoms with Crippen molar-refractivity contribution in [3.63, 3.8) is 0 Å². The number of benzene rings is 2. The van der Waals surface area contributed by atoms with Crippen molar-refractivity contribution in [1.82, 2.24) is 9.55 Å². The molecule has 7 heteroatoms. The topological polar surface area (TPSA) is 65.4 Å². The van der Waals surface area contributed by atoms with Crippen molar-refractivity contribution in [3.05, 3.63) is 60.3 Å². The Morgan fingerprint density at radius 2 is 1.93 bits per heavy atom. The third kappa shape index (κ3) is 4.30. The van der Waals surface area contributed by atoms with E-state index < -0.39 is 0 Å². The molecular formula is C22H21N3O3S. The van der Waals surface area contributed by atoms with Gasteiger partial charge in [-0.3, -0.25) is 4.79 Å². The van der Waals surface area contributed by atoms with Crippen LogP contribution in [0, 0.1) is 0 Å². The van der Waals surface area contributed by atoms with E-state index in [1.54, 1.807) is 38.1 Å². The minimum Gasteiger partial charge on any atom is -0.493 e. The molecule has 0 atom stereocenters. The first kappa shape index (κ1) is 19.1. The molecule has 2 aromatic carbocycles. The maximum atomic E-state index is 12.2. The minimum atomic E-state index is -0.204. The summed E-state index contributed by atoms with van der Waals surface area (Å²) in [6, 6.07) is 13.2. The smallest absolute Gasteiger partial charge is 0.248 e. The van der Waals surface area contributed by atoms with Gasteiger partial charge in [0, 0.05) is 35.8 Å². The normalized spacial score (nSPS) is 12.8. The van der Waals surface area contributed by atoms with Crippen LogP contribution in [0.3, 0.4) is 0 Å². The Morgan fingerprint density at radius 1 is 1.14 bits per heavy atom. The number of fused-ring (bicyclic) bond motifs is 1. The number of carbonyl (C=O) groups is 1. The molecule has 0 bridgehead atoms. The van der Waals surface area contributed by atoms with Crippen molar-refractivity contribution >= 4 is 29.4 Å². The number of nitrogens with zero attached hydrogens (tertiary/aromatic N) is 2. The lowest BCUT2D eigenvalue weighted by atomic mass is 10.1. The minimum absolute atomic E-state index is 0.204. The number of hydrogen-bond donors (Lipinski definition) is 1. The molecule has 1 N–H and O–H groups in total. The molecule has 3 aromatic rings. The molecule has 1 amide bonds. The predicted molar refractivity (Wildman–Crippen MR) is 116 cm³/mol. The number of anilines is 1. The molecular weight excluding hydrogens is 386 g/mol. The van der Waals surface area contributed by atoms with Crippen molar-refractivity contribution in [2.24, 2.45) is 0 Å². The summed E-state index contributed by atoms with van der Waals surface area (Å²) in [5.41, 5.74) is 3.57.